The van der Waals surface area contributed by atoms with E-state index in [1.165, 1.54) is 5.56 Å². The number of carbonyl (C=O) groups is 1. The number of amides is 1. The first-order chi connectivity index (χ1) is 10.5. The summed E-state index contributed by atoms with van der Waals surface area (Å²) in [6, 6.07) is 5.44. The summed E-state index contributed by atoms with van der Waals surface area (Å²) in [6.45, 7) is 1.16. The Balaban J connectivity index is 1.84. The number of aromatic amines is 1. The molecule has 2 atom stereocenters. The van der Waals surface area contributed by atoms with E-state index in [-0.39, 0.29) is 6.61 Å². The van der Waals surface area contributed by atoms with Crippen LogP contribution in [0.5, 0.6) is 0 Å². The molecule has 0 saturated carbocycles. The highest BCUT2D eigenvalue weighted by atomic mass is 16.6. The number of nitrogens with one attached hydrogen (secondary N) is 2. The Kier molecular flexibility index (Phi) is 4.04. The van der Waals surface area contributed by atoms with Gasteiger partial charge in [-0.3, -0.25) is 0 Å². The van der Waals surface area contributed by atoms with E-state index in [1.54, 1.807) is 0 Å². The van der Waals surface area contributed by atoms with Crippen LogP contribution in [0.2, 0.25) is 0 Å². The number of H-pyrrole nitrogens is 1. The van der Waals surface area contributed by atoms with Gasteiger partial charge in [0.15, 0.2) is 0 Å². The largest absolute Gasteiger partial charge is 0.447 e. The van der Waals surface area contributed by atoms with Crippen molar-refractivity contribution in [3.63, 3.8) is 0 Å². The van der Waals surface area contributed by atoms with Crippen LogP contribution in [0.25, 0.3) is 10.9 Å². The van der Waals surface area contributed by atoms with E-state index in [1.807, 2.05) is 38.5 Å². The van der Waals surface area contributed by atoms with Crippen LogP contribution >= 0.6 is 0 Å². The zero-order valence-corrected chi connectivity index (χ0v) is 12.8. The van der Waals surface area contributed by atoms with Gasteiger partial charge in [-0.1, -0.05) is 6.07 Å². The number of rotatable bonds is 5. The van der Waals surface area contributed by atoms with Crippen molar-refractivity contribution in [2.75, 3.05) is 27.2 Å². The molecule has 1 aromatic carbocycles. The molecule has 1 aliphatic rings. The van der Waals surface area contributed by atoms with Gasteiger partial charge < -0.3 is 25.0 Å². The summed E-state index contributed by atoms with van der Waals surface area (Å²) >= 11 is 0. The molecule has 0 bridgehead atoms. The molecule has 1 aliphatic heterocycles. The molecule has 1 fully saturated rings. The topological polar surface area (TPSA) is 77.6 Å². The molecule has 1 amide bonds. The zero-order chi connectivity index (χ0) is 15.7. The van der Waals surface area contributed by atoms with E-state index in [0.29, 0.717) is 0 Å². The molecule has 22 heavy (non-hydrogen) atoms. The van der Waals surface area contributed by atoms with Crippen molar-refractivity contribution in [1.82, 2.24) is 15.2 Å². The number of alkyl carbamates (subject to hydrolysis) is 1. The normalized spacial score (nSPS) is 19.5. The van der Waals surface area contributed by atoms with Gasteiger partial charge in [-0.2, -0.15) is 0 Å². The molecule has 0 radical (unpaired) electrons. The molecule has 0 aliphatic carbocycles. The summed E-state index contributed by atoms with van der Waals surface area (Å²) in [5.74, 6) is 0. The minimum absolute atomic E-state index is 0.193. The van der Waals surface area contributed by atoms with Crippen LogP contribution in [0, 0.1) is 0 Å². The number of aliphatic hydroxyl groups is 1. The number of likely N-dealkylation sites (N-methyl/N-ethyl adjacent to an activating group) is 1. The summed E-state index contributed by atoms with van der Waals surface area (Å²) in [5.41, 5.74) is 3.06. The second-order valence-corrected chi connectivity index (χ2v) is 5.97. The van der Waals surface area contributed by atoms with Gasteiger partial charge in [0.25, 0.3) is 0 Å². The number of cyclic esters (lactones) is 1. The quantitative estimate of drug-likeness (QED) is 0.780. The second kappa shape index (κ2) is 5.98. The van der Waals surface area contributed by atoms with Crippen molar-refractivity contribution in [2.24, 2.45) is 0 Å². The predicted molar refractivity (Wildman–Crippen MR) is 83.8 cm³/mol. The van der Waals surface area contributed by atoms with E-state index >= 15 is 0 Å². The van der Waals surface area contributed by atoms with Crippen molar-refractivity contribution < 1.29 is 14.6 Å². The first-order valence-electron chi connectivity index (χ1n) is 7.40. The molecule has 2 aromatic rings. The molecule has 6 heteroatoms. The number of carbonyl (C=O) groups excluding carboxylic acids is 1. The number of aromatic nitrogens is 1. The van der Waals surface area contributed by atoms with E-state index in [0.717, 1.165) is 29.4 Å². The standard InChI is InChI=1S/C16H21N3O3/c1-19(2)6-5-11-8-17-13-4-3-10(7-12(11)13)15(20)14-9-22-16(21)18-14/h3-4,7-8,14-15,17,20H,5-6,9H2,1-2H3,(H,18,21)/t14-,15-/m1/s1. The van der Waals surface area contributed by atoms with Crippen molar-refractivity contribution in [2.45, 2.75) is 18.6 Å². The Morgan fingerprint density at radius 1 is 1.45 bits per heavy atom. The van der Waals surface area contributed by atoms with Crippen LogP contribution in [-0.2, 0) is 11.2 Å². The smallest absolute Gasteiger partial charge is 0.407 e. The Labute approximate surface area is 129 Å². The van der Waals surface area contributed by atoms with E-state index < -0.39 is 18.2 Å². The average molecular weight is 303 g/mol. The van der Waals surface area contributed by atoms with Crippen molar-refractivity contribution in [3.05, 3.63) is 35.5 Å². The summed E-state index contributed by atoms with van der Waals surface area (Å²) < 4.78 is 4.85. The highest BCUT2D eigenvalue weighted by Crippen LogP contribution is 2.26. The van der Waals surface area contributed by atoms with Crippen LogP contribution in [0.3, 0.4) is 0 Å². The maximum Gasteiger partial charge on any atom is 0.407 e. The highest BCUT2D eigenvalue weighted by molar-refractivity contribution is 5.84. The number of hydrogen-bond acceptors (Lipinski definition) is 4. The molecule has 6 nitrogen and oxygen atoms in total. The first-order valence-corrected chi connectivity index (χ1v) is 7.40. The van der Waals surface area contributed by atoms with Crippen LogP contribution in [0.15, 0.2) is 24.4 Å². The molecule has 3 N–H and O–H groups in total. The summed E-state index contributed by atoms with van der Waals surface area (Å²) in [7, 11) is 4.10. The van der Waals surface area contributed by atoms with E-state index in [9.17, 15) is 9.90 Å². The van der Waals surface area contributed by atoms with Gasteiger partial charge in [-0.05, 0) is 43.8 Å². The number of aliphatic hydroxyl groups excluding tert-OH is 1. The van der Waals surface area contributed by atoms with Crippen molar-refractivity contribution in [1.29, 1.82) is 0 Å². The molecule has 1 aromatic heterocycles. The lowest BCUT2D eigenvalue weighted by Gasteiger charge is -2.16. The number of hydrogen-bond donors (Lipinski definition) is 3. The highest BCUT2D eigenvalue weighted by Gasteiger charge is 2.30. The fraction of sp³-hybridized carbons (Fsp3) is 0.438. The predicted octanol–water partition coefficient (Wildman–Crippen LogP) is 1.41. The van der Waals surface area contributed by atoms with E-state index in [4.69, 9.17) is 4.74 Å². The van der Waals surface area contributed by atoms with Crippen LogP contribution < -0.4 is 5.32 Å². The molecular formula is C16H21N3O3. The lowest BCUT2D eigenvalue weighted by molar-refractivity contribution is 0.125. The molecule has 2 heterocycles. The average Bonchev–Trinajstić information content (AvgIpc) is 3.10. The lowest BCUT2D eigenvalue weighted by Crippen LogP contribution is -2.32. The Hall–Kier alpha value is -2.05. The monoisotopic (exact) mass is 303 g/mol. The maximum absolute atomic E-state index is 11.1. The van der Waals surface area contributed by atoms with Crippen LogP contribution in [0.4, 0.5) is 4.79 Å². The van der Waals surface area contributed by atoms with Gasteiger partial charge in [-0.15, -0.1) is 0 Å². The first kappa shape index (κ1) is 14.9. The fourth-order valence-electron chi connectivity index (χ4n) is 2.73. The Morgan fingerprint density at radius 2 is 2.27 bits per heavy atom. The third-order valence-electron chi connectivity index (χ3n) is 4.04. The number of nitrogens with zero attached hydrogens (tertiary/aromatic N) is 1. The van der Waals surface area contributed by atoms with Crippen LogP contribution in [0.1, 0.15) is 17.2 Å². The Morgan fingerprint density at radius 3 is 2.95 bits per heavy atom. The minimum atomic E-state index is -0.771. The molecule has 1 saturated heterocycles. The summed E-state index contributed by atoms with van der Waals surface area (Å²) in [4.78, 5) is 16.5. The van der Waals surface area contributed by atoms with Gasteiger partial charge in [0.1, 0.15) is 12.7 Å². The fourth-order valence-corrected chi connectivity index (χ4v) is 2.73. The summed E-state index contributed by atoms with van der Waals surface area (Å²) in [6.07, 6.45) is 1.71. The molecule has 0 spiro atoms. The summed E-state index contributed by atoms with van der Waals surface area (Å²) in [5, 5.41) is 14.2. The van der Waals surface area contributed by atoms with Crippen molar-refractivity contribution in [3.8, 4) is 0 Å². The zero-order valence-electron chi connectivity index (χ0n) is 12.8. The second-order valence-electron chi connectivity index (χ2n) is 5.97. The molecule has 0 unspecified atom stereocenters. The third-order valence-corrected chi connectivity index (χ3v) is 4.04. The maximum atomic E-state index is 11.1. The lowest BCUT2D eigenvalue weighted by atomic mass is 10.00. The SMILES string of the molecule is CN(C)CCc1c[nH]c2ccc([C@@H](O)[C@H]3COC(=O)N3)cc12. The third kappa shape index (κ3) is 2.93. The van der Waals surface area contributed by atoms with Gasteiger partial charge in [0.2, 0.25) is 0 Å². The molecular weight excluding hydrogens is 282 g/mol. The number of ether oxygens (including phenoxy) is 1. The van der Waals surface area contributed by atoms with Gasteiger partial charge in [0, 0.05) is 23.6 Å². The molecule has 3 rings (SSSR count). The van der Waals surface area contributed by atoms with Gasteiger partial charge in [0.05, 0.1) is 6.04 Å². The number of fused-ring (bicyclic) bond motifs is 1. The number of benzene rings is 1. The minimum Gasteiger partial charge on any atom is -0.447 e. The van der Waals surface area contributed by atoms with Crippen LogP contribution in [-0.4, -0.2) is 54.4 Å². The van der Waals surface area contributed by atoms with Gasteiger partial charge in [-0.25, -0.2) is 4.79 Å². The van der Waals surface area contributed by atoms with E-state index in [2.05, 4.69) is 15.2 Å². The Bertz CT molecular complexity index is 680. The van der Waals surface area contributed by atoms with Gasteiger partial charge >= 0.3 is 6.09 Å². The molecule has 118 valence electrons. The van der Waals surface area contributed by atoms with Crippen molar-refractivity contribution >= 4 is 17.0 Å².